The molecule has 3 N–H and O–H groups in total. The van der Waals surface area contributed by atoms with Gasteiger partial charge in [0.1, 0.15) is 0 Å². The fraction of sp³-hybridized carbons (Fsp3) is 0.273. The predicted octanol–water partition coefficient (Wildman–Crippen LogP) is 1.26. The molecule has 0 aliphatic carbocycles. The molecule has 1 aromatic heterocycles. The van der Waals surface area contributed by atoms with Gasteiger partial charge in [0.15, 0.2) is 23.3 Å². The zero-order valence-corrected chi connectivity index (χ0v) is 10.7. The molecule has 0 radical (unpaired) electrons. The van der Waals surface area contributed by atoms with E-state index in [2.05, 4.69) is 10.3 Å². The molecule has 1 aromatic carbocycles. The molecule has 5 nitrogen and oxygen atoms in total. The summed E-state index contributed by atoms with van der Waals surface area (Å²) in [6.45, 7) is 0. The minimum Gasteiger partial charge on any atom is -0.271 e. The number of nitrogens with two attached hydrogens (primary N) is 1. The highest BCUT2D eigenvalue weighted by Gasteiger charge is 2.30. The third-order valence-electron chi connectivity index (χ3n) is 2.86. The number of benzene rings is 1. The summed E-state index contributed by atoms with van der Waals surface area (Å²) in [5, 5.41) is 7.26. The molecule has 21 heavy (non-hydrogen) atoms. The third-order valence-corrected chi connectivity index (χ3v) is 2.86. The molecule has 114 valence electrons. The zero-order chi connectivity index (χ0) is 15.7. The highest BCUT2D eigenvalue weighted by molar-refractivity contribution is 5.28. The Bertz CT molecular complexity index is 642. The SMILES string of the molecule is Cn1cc(CC(NN)c2c(F)c(F)c(F)c(F)c2F)nn1. The van der Waals surface area contributed by atoms with Crippen molar-refractivity contribution in [1.82, 2.24) is 20.4 Å². The van der Waals surface area contributed by atoms with Gasteiger partial charge in [-0.3, -0.25) is 16.0 Å². The van der Waals surface area contributed by atoms with Gasteiger partial charge < -0.3 is 0 Å². The molecule has 0 aliphatic heterocycles. The smallest absolute Gasteiger partial charge is 0.200 e. The van der Waals surface area contributed by atoms with Crippen LogP contribution in [0.15, 0.2) is 6.20 Å². The second-order valence-corrected chi connectivity index (χ2v) is 4.29. The van der Waals surface area contributed by atoms with Crippen molar-refractivity contribution in [1.29, 1.82) is 0 Å². The van der Waals surface area contributed by atoms with Crippen LogP contribution in [0.5, 0.6) is 0 Å². The van der Waals surface area contributed by atoms with Crippen molar-refractivity contribution in [2.75, 3.05) is 0 Å². The van der Waals surface area contributed by atoms with Gasteiger partial charge in [0.2, 0.25) is 5.82 Å². The Kier molecular flexibility index (Phi) is 4.19. The molecule has 2 aromatic rings. The molecule has 0 amide bonds. The van der Waals surface area contributed by atoms with Crippen LogP contribution in [0, 0.1) is 29.1 Å². The van der Waals surface area contributed by atoms with E-state index in [1.807, 2.05) is 5.43 Å². The molecule has 0 spiro atoms. The van der Waals surface area contributed by atoms with Crippen molar-refractivity contribution in [2.45, 2.75) is 12.5 Å². The molecule has 1 atom stereocenters. The van der Waals surface area contributed by atoms with E-state index in [1.165, 1.54) is 10.9 Å². The monoisotopic (exact) mass is 307 g/mol. The van der Waals surface area contributed by atoms with Crippen LogP contribution in [0.3, 0.4) is 0 Å². The van der Waals surface area contributed by atoms with Crippen LogP contribution in [-0.2, 0) is 13.5 Å². The Morgan fingerprint density at radius 1 is 1.10 bits per heavy atom. The summed E-state index contributed by atoms with van der Waals surface area (Å²) in [5.74, 6) is -4.97. The second kappa shape index (κ2) is 5.74. The van der Waals surface area contributed by atoms with Crippen LogP contribution in [-0.4, -0.2) is 15.0 Å². The van der Waals surface area contributed by atoms with Crippen LogP contribution in [0.25, 0.3) is 0 Å². The van der Waals surface area contributed by atoms with Gasteiger partial charge in [0.25, 0.3) is 0 Å². The molecule has 10 heteroatoms. The topological polar surface area (TPSA) is 68.8 Å². The third kappa shape index (κ3) is 2.72. The van der Waals surface area contributed by atoms with Crippen LogP contribution >= 0.6 is 0 Å². The van der Waals surface area contributed by atoms with Crippen molar-refractivity contribution in [2.24, 2.45) is 12.9 Å². The number of rotatable bonds is 4. The first-order valence-corrected chi connectivity index (χ1v) is 5.69. The van der Waals surface area contributed by atoms with E-state index in [0.29, 0.717) is 0 Å². The highest BCUT2D eigenvalue weighted by atomic mass is 19.2. The molecule has 0 aliphatic rings. The summed E-state index contributed by atoms with van der Waals surface area (Å²) in [5.41, 5.74) is 1.24. The number of hydrogen-bond donors (Lipinski definition) is 2. The van der Waals surface area contributed by atoms with Crippen LogP contribution in [0.4, 0.5) is 22.0 Å². The number of halogens is 5. The van der Waals surface area contributed by atoms with Gasteiger partial charge in [-0.15, -0.1) is 5.10 Å². The molecule has 1 unspecified atom stereocenters. The summed E-state index contributed by atoms with van der Waals surface area (Å²) in [4.78, 5) is 0. The second-order valence-electron chi connectivity index (χ2n) is 4.29. The Morgan fingerprint density at radius 3 is 2.05 bits per heavy atom. The van der Waals surface area contributed by atoms with Crippen molar-refractivity contribution >= 4 is 0 Å². The van der Waals surface area contributed by atoms with E-state index in [0.717, 1.165) is 0 Å². The first kappa shape index (κ1) is 15.3. The Labute approximate surface area is 115 Å². The molecule has 0 fully saturated rings. The first-order valence-electron chi connectivity index (χ1n) is 5.69. The fourth-order valence-corrected chi connectivity index (χ4v) is 1.87. The number of hydrogen-bond acceptors (Lipinski definition) is 4. The lowest BCUT2D eigenvalue weighted by Gasteiger charge is -2.17. The van der Waals surface area contributed by atoms with Crippen molar-refractivity contribution < 1.29 is 22.0 Å². The van der Waals surface area contributed by atoms with Gasteiger partial charge in [-0.1, -0.05) is 5.21 Å². The molecule has 0 saturated heterocycles. The number of nitrogens with zero attached hydrogens (tertiary/aromatic N) is 3. The summed E-state index contributed by atoms with van der Waals surface area (Å²) >= 11 is 0. The van der Waals surface area contributed by atoms with Crippen LogP contribution < -0.4 is 11.3 Å². The summed E-state index contributed by atoms with van der Waals surface area (Å²) in [6, 6.07) is -1.36. The maximum absolute atomic E-state index is 13.7. The number of hydrazine groups is 1. The maximum Gasteiger partial charge on any atom is 0.200 e. The minimum absolute atomic E-state index is 0.206. The lowest BCUT2D eigenvalue weighted by Crippen LogP contribution is -2.32. The van der Waals surface area contributed by atoms with Gasteiger partial charge in [-0.05, 0) is 0 Å². The molecule has 0 saturated carbocycles. The van der Waals surface area contributed by atoms with Crippen molar-refractivity contribution in [3.05, 3.63) is 46.5 Å². The summed E-state index contributed by atoms with van der Waals surface area (Å²) < 4.78 is 68.1. The van der Waals surface area contributed by atoms with E-state index in [-0.39, 0.29) is 12.1 Å². The number of aryl methyl sites for hydroxylation is 1. The van der Waals surface area contributed by atoms with E-state index in [4.69, 9.17) is 5.84 Å². The van der Waals surface area contributed by atoms with Gasteiger partial charge in [-0.25, -0.2) is 22.0 Å². The maximum atomic E-state index is 13.7. The normalized spacial score (nSPS) is 12.7. The predicted molar refractivity (Wildman–Crippen MR) is 61.0 cm³/mol. The quantitative estimate of drug-likeness (QED) is 0.293. The first-order chi connectivity index (χ1) is 9.86. The number of nitrogens with one attached hydrogen (secondary N) is 1. The lowest BCUT2D eigenvalue weighted by molar-refractivity contribution is 0.355. The lowest BCUT2D eigenvalue weighted by atomic mass is 10.0. The van der Waals surface area contributed by atoms with E-state index in [1.54, 1.807) is 7.05 Å². The molecular formula is C11H10F5N5. The highest BCUT2D eigenvalue weighted by Crippen LogP contribution is 2.28. The molecule has 0 bridgehead atoms. The summed E-state index contributed by atoms with van der Waals surface area (Å²) in [7, 11) is 1.56. The van der Waals surface area contributed by atoms with E-state index >= 15 is 0 Å². The minimum atomic E-state index is -2.22. The average Bonchev–Trinajstić information content (AvgIpc) is 2.87. The molecular weight excluding hydrogens is 297 g/mol. The molecule has 1 heterocycles. The van der Waals surface area contributed by atoms with Gasteiger partial charge in [-0.2, -0.15) is 0 Å². The standard InChI is InChI=1S/C11H10F5N5/c1-21-3-4(19-20-21)2-5(18-17)6-7(12)9(14)11(16)10(15)8(6)13/h3,5,18H,2,17H2,1H3. The molecule has 2 rings (SSSR count). The van der Waals surface area contributed by atoms with Gasteiger partial charge in [0.05, 0.1) is 11.7 Å². The Hall–Kier alpha value is -2.07. The number of aromatic nitrogens is 3. The zero-order valence-electron chi connectivity index (χ0n) is 10.7. The van der Waals surface area contributed by atoms with E-state index < -0.39 is 40.7 Å². The fourth-order valence-electron chi connectivity index (χ4n) is 1.87. The van der Waals surface area contributed by atoms with Gasteiger partial charge >= 0.3 is 0 Å². The van der Waals surface area contributed by atoms with Crippen molar-refractivity contribution in [3.8, 4) is 0 Å². The van der Waals surface area contributed by atoms with Crippen molar-refractivity contribution in [3.63, 3.8) is 0 Å². The van der Waals surface area contributed by atoms with Crippen LogP contribution in [0.1, 0.15) is 17.3 Å². The average molecular weight is 307 g/mol. The Morgan fingerprint density at radius 2 is 1.62 bits per heavy atom. The van der Waals surface area contributed by atoms with Gasteiger partial charge in [0, 0.05) is 25.2 Å². The Balaban J connectivity index is 2.47. The largest absolute Gasteiger partial charge is 0.271 e. The summed E-state index contributed by atoms with van der Waals surface area (Å²) in [6.07, 6.45) is 1.22. The van der Waals surface area contributed by atoms with E-state index in [9.17, 15) is 22.0 Å². The van der Waals surface area contributed by atoms with Crippen LogP contribution in [0.2, 0.25) is 0 Å².